The van der Waals surface area contributed by atoms with Crippen molar-refractivity contribution in [1.29, 1.82) is 0 Å². The van der Waals surface area contributed by atoms with E-state index in [9.17, 15) is 0 Å². The molecule has 2 rings (SSSR count). The van der Waals surface area contributed by atoms with Crippen LogP contribution in [-0.2, 0) is 0 Å². The van der Waals surface area contributed by atoms with Crippen molar-refractivity contribution in [1.82, 2.24) is 9.55 Å². The van der Waals surface area contributed by atoms with Crippen LogP contribution in [0.1, 0.15) is 0 Å². The van der Waals surface area contributed by atoms with Crippen LogP contribution in [0.2, 0.25) is 0 Å². The summed E-state index contributed by atoms with van der Waals surface area (Å²) in [5, 5.41) is 0. The quantitative estimate of drug-likeness (QED) is 0.728. The molecule has 0 atom stereocenters. The van der Waals surface area contributed by atoms with Crippen LogP contribution < -0.4 is 0 Å². The van der Waals surface area contributed by atoms with Crippen LogP contribution >= 0.6 is 22.6 Å². The van der Waals surface area contributed by atoms with Gasteiger partial charge in [0, 0.05) is 5.69 Å². The van der Waals surface area contributed by atoms with Crippen LogP contribution in [0.5, 0.6) is 0 Å². The van der Waals surface area contributed by atoms with Crippen LogP contribution in [0.25, 0.3) is 5.69 Å². The first kappa shape index (κ1) is 7.79. The third kappa shape index (κ3) is 1.36. The first-order chi connectivity index (χ1) is 5.88. The zero-order chi connectivity index (χ0) is 8.39. The Hall–Kier alpha value is -0.840. The number of rotatable bonds is 1. The number of hydrogen-bond acceptors (Lipinski definition) is 1. The van der Waals surface area contributed by atoms with Gasteiger partial charge in [0.1, 0.15) is 10.0 Å². The van der Waals surface area contributed by atoms with Gasteiger partial charge in [-0.15, -0.1) is 0 Å². The van der Waals surface area contributed by atoms with Gasteiger partial charge in [-0.05, 0) is 34.7 Å². The zero-order valence-corrected chi connectivity index (χ0v) is 8.47. The molecule has 0 N–H and O–H groups in total. The summed E-state index contributed by atoms with van der Waals surface area (Å²) in [5.41, 5.74) is 1.15. The van der Waals surface area contributed by atoms with Gasteiger partial charge in [-0.1, -0.05) is 18.2 Å². The number of para-hydroxylation sites is 1. The van der Waals surface area contributed by atoms with Crippen molar-refractivity contribution in [2.45, 2.75) is 0 Å². The van der Waals surface area contributed by atoms with Gasteiger partial charge in [0.05, 0.1) is 6.20 Å². The molecule has 0 radical (unpaired) electrons. The Bertz CT molecular complexity index is 367. The minimum absolute atomic E-state index is 1.12. The van der Waals surface area contributed by atoms with E-state index in [1.54, 1.807) is 0 Å². The van der Waals surface area contributed by atoms with Gasteiger partial charge in [0.2, 0.25) is 0 Å². The van der Waals surface area contributed by atoms with E-state index >= 15 is 0 Å². The van der Waals surface area contributed by atoms with Gasteiger partial charge >= 0.3 is 0 Å². The average Bonchev–Trinajstić information content (AvgIpc) is 2.53. The van der Waals surface area contributed by atoms with Gasteiger partial charge in [-0.3, -0.25) is 4.57 Å². The maximum absolute atomic E-state index is 4.05. The summed E-state index contributed by atoms with van der Waals surface area (Å²) in [6.07, 6.45) is 3.66. The average molecular weight is 270 g/mol. The lowest BCUT2D eigenvalue weighted by atomic mass is 10.3. The lowest BCUT2D eigenvalue weighted by Gasteiger charge is -2.01. The number of nitrogens with zero attached hydrogens (tertiary/aromatic N) is 2. The van der Waals surface area contributed by atoms with Crippen molar-refractivity contribution in [2.24, 2.45) is 0 Å². The standard InChI is InChI=1S/C9H7IN2/c10-9-6-11-7-12(9)8-4-2-1-3-5-8/h1-7H. The van der Waals surface area contributed by atoms with Gasteiger partial charge in [0.15, 0.2) is 0 Å². The Labute approximate surface area is 84.4 Å². The molecule has 2 nitrogen and oxygen atoms in total. The Morgan fingerprint density at radius 2 is 1.92 bits per heavy atom. The third-order valence-electron chi connectivity index (χ3n) is 1.63. The SMILES string of the molecule is Ic1cncn1-c1ccccc1. The third-order valence-corrected chi connectivity index (χ3v) is 2.43. The van der Waals surface area contributed by atoms with Crippen molar-refractivity contribution in [3.05, 3.63) is 46.6 Å². The lowest BCUT2D eigenvalue weighted by molar-refractivity contribution is 1.03. The van der Waals surface area contributed by atoms with Crippen molar-refractivity contribution in [3.8, 4) is 5.69 Å². The first-order valence-corrected chi connectivity index (χ1v) is 4.69. The molecule has 1 heterocycles. The fourth-order valence-electron chi connectivity index (χ4n) is 1.06. The van der Waals surface area contributed by atoms with Crippen LogP contribution in [0, 0.1) is 3.70 Å². The molecule has 3 heteroatoms. The summed E-state index contributed by atoms with van der Waals surface area (Å²) in [5.74, 6) is 0. The summed E-state index contributed by atoms with van der Waals surface area (Å²) in [7, 11) is 0. The fraction of sp³-hybridized carbons (Fsp3) is 0. The van der Waals surface area contributed by atoms with Crippen molar-refractivity contribution < 1.29 is 0 Å². The predicted octanol–water partition coefficient (Wildman–Crippen LogP) is 2.48. The second-order valence-electron chi connectivity index (χ2n) is 2.42. The highest BCUT2D eigenvalue weighted by molar-refractivity contribution is 14.1. The van der Waals surface area contributed by atoms with Crippen molar-refractivity contribution in [2.75, 3.05) is 0 Å². The second kappa shape index (κ2) is 3.26. The van der Waals surface area contributed by atoms with Crippen LogP contribution in [0.15, 0.2) is 42.9 Å². The predicted molar refractivity (Wildman–Crippen MR) is 56.3 cm³/mol. The first-order valence-electron chi connectivity index (χ1n) is 3.61. The van der Waals surface area contributed by atoms with Gasteiger partial charge in [-0.25, -0.2) is 4.98 Å². The molecular formula is C9H7IN2. The monoisotopic (exact) mass is 270 g/mol. The summed E-state index contributed by atoms with van der Waals surface area (Å²) in [4.78, 5) is 4.05. The summed E-state index contributed by atoms with van der Waals surface area (Å²) in [6.45, 7) is 0. The normalized spacial score (nSPS) is 10.1. The van der Waals surface area contributed by atoms with E-state index in [2.05, 4.69) is 39.7 Å². The minimum atomic E-state index is 1.12. The second-order valence-corrected chi connectivity index (χ2v) is 3.53. The largest absolute Gasteiger partial charge is 0.294 e. The molecule has 12 heavy (non-hydrogen) atoms. The fourth-order valence-corrected chi connectivity index (χ4v) is 1.62. The molecule has 0 saturated heterocycles. The number of benzene rings is 1. The van der Waals surface area contributed by atoms with E-state index in [0.29, 0.717) is 0 Å². The lowest BCUT2D eigenvalue weighted by Crippen LogP contribution is -1.92. The molecule has 1 aromatic carbocycles. The highest BCUT2D eigenvalue weighted by atomic mass is 127. The Morgan fingerprint density at radius 3 is 2.50 bits per heavy atom. The number of hydrogen-bond donors (Lipinski definition) is 0. The summed E-state index contributed by atoms with van der Waals surface area (Å²) < 4.78 is 3.17. The zero-order valence-electron chi connectivity index (χ0n) is 6.31. The molecule has 1 aromatic heterocycles. The Balaban J connectivity index is 2.51. The molecule has 0 saturated carbocycles. The van der Waals surface area contributed by atoms with Gasteiger partial charge in [-0.2, -0.15) is 0 Å². The highest BCUT2D eigenvalue weighted by Crippen LogP contribution is 2.11. The van der Waals surface area contributed by atoms with E-state index in [1.165, 1.54) is 0 Å². The molecule has 2 aromatic rings. The van der Waals surface area contributed by atoms with E-state index in [1.807, 2.05) is 35.3 Å². The van der Waals surface area contributed by atoms with Crippen molar-refractivity contribution >= 4 is 22.6 Å². The smallest absolute Gasteiger partial charge is 0.104 e. The van der Waals surface area contributed by atoms with E-state index in [4.69, 9.17) is 0 Å². The maximum atomic E-state index is 4.05. The molecule has 0 spiro atoms. The molecule has 0 aliphatic carbocycles. The maximum Gasteiger partial charge on any atom is 0.104 e. The van der Waals surface area contributed by atoms with E-state index < -0.39 is 0 Å². The Morgan fingerprint density at radius 1 is 1.17 bits per heavy atom. The molecular weight excluding hydrogens is 263 g/mol. The molecule has 0 fully saturated rings. The number of aromatic nitrogens is 2. The van der Waals surface area contributed by atoms with E-state index in [-0.39, 0.29) is 0 Å². The van der Waals surface area contributed by atoms with Crippen LogP contribution in [0.3, 0.4) is 0 Å². The van der Waals surface area contributed by atoms with Crippen LogP contribution in [-0.4, -0.2) is 9.55 Å². The van der Waals surface area contributed by atoms with Gasteiger partial charge in [0.25, 0.3) is 0 Å². The van der Waals surface area contributed by atoms with Gasteiger partial charge < -0.3 is 0 Å². The number of halogens is 1. The summed E-state index contributed by atoms with van der Waals surface area (Å²) >= 11 is 2.26. The number of imidazole rings is 1. The molecule has 60 valence electrons. The summed E-state index contributed by atoms with van der Waals surface area (Å²) in [6, 6.07) is 10.2. The molecule has 0 aliphatic heterocycles. The topological polar surface area (TPSA) is 17.8 Å². The molecule has 0 unspecified atom stereocenters. The van der Waals surface area contributed by atoms with Crippen molar-refractivity contribution in [3.63, 3.8) is 0 Å². The van der Waals surface area contributed by atoms with E-state index in [0.717, 1.165) is 9.39 Å². The van der Waals surface area contributed by atoms with Crippen LogP contribution in [0.4, 0.5) is 0 Å². The molecule has 0 amide bonds. The molecule has 0 aliphatic rings. The minimum Gasteiger partial charge on any atom is -0.294 e. The Kier molecular flexibility index (Phi) is 2.12. The molecule has 0 bridgehead atoms. The highest BCUT2D eigenvalue weighted by Gasteiger charge is 1.98.